The number of anilines is 2. The molecule has 0 bridgehead atoms. The number of hydrogen-bond donors (Lipinski definition) is 3. The average molecular weight is 529 g/mol. The molecule has 0 unspecified atom stereocenters. The number of ether oxygens (including phenoxy) is 2. The van der Waals surface area contributed by atoms with Gasteiger partial charge in [0.1, 0.15) is 11.5 Å². The number of carbonyl (C=O) groups is 2. The number of rotatable bonds is 11. The van der Waals surface area contributed by atoms with Crippen LogP contribution in [0.15, 0.2) is 72.3 Å². The molecule has 0 spiro atoms. The Morgan fingerprint density at radius 3 is 2.18 bits per heavy atom. The molecule has 0 aliphatic carbocycles. The molecule has 3 aromatic carbocycles. The van der Waals surface area contributed by atoms with E-state index in [0.717, 1.165) is 0 Å². The molecular formula is C28H27F3N2O5. The molecular weight excluding hydrogens is 501 g/mol. The zero-order valence-electron chi connectivity index (χ0n) is 20.3. The molecule has 5 N–H and O–H groups in total. The van der Waals surface area contributed by atoms with E-state index in [4.69, 9.17) is 20.9 Å². The Kier molecular flexibility index (Phi) is 9.37. The number of carboxylic acids is 1. The number of unbranched alkanes of at least 4 members (excludes halogenated alkanes) is 1. The number of hydrogen-bond acceptors (Lipinski definition) is 6. The minimum absolute atomic E-state index is 0.0170. The largest absolute Gasteiger partial charge is 0.494 e. The summed E-state index contributed by atoms with van der Waals surface area (Å²) in [5.74, 6) is -1.03. The molecule has 0 aliphatic heterocycles. The van der Waals surface area contributed by atoms with Gasteiger partial charge in [0.05, 0.1) is 12.2 Å². The van der Waals surface area contributed by atoms with Crippen LogP contribution >= 0.6 is 0 Å². The normalized spacial score (nSPS) is 11.7. The van der Waals surface area contributed by atoms with Crippen LogP contribution in [0.3, 0.4) is 0 Å². The van der Waals surface area contributed by atoms with Crippen molar-refractivity contribution in [3.05, 3.63) is 89.0 Å². The quantitative estimate of drug-likeness (QED) is 0.0931. The second-order valence-corrected chi connectivity index (χ2v) is 8.51. The van der Waals surface area contributed by atoms with Crippen molar-refractivity contribution in [1.82, 2.24) is 0 Å². The van der Waals surface area contributed by atoms with Crippen LogP contribution in [0.1, 0.15) is 40.7 Å². The number of nitrogen functional groups attached to an aromatic ring is 2. The lowest BCUT2D eigenvalue weighted by atomic mass is 10.0. The van der Waals surface area contributed by atoms with Gasteiger partial charge in [0.2, 0.25) is 0 Å². The van der Waals surface area contributed by atoms with Crippen LogP contribution < -0.4 is 20.9 Å². The van der Waals surface area contributed by atoms with Gasteiger partial charge in [-0.25, -0.2) is 9.59 Å². The first kappa shape index (κ1) is 28.1. The van der Waals surface area contributed by atoms with Gasteiger partial charge < -0.3 is 26.0 Å². The molecule has 0 fully saturated rings. The van der Waals surface area contributed by atoms with E-state index in [0.29, 0.717) is 28.3 Å². The number of benzene rings is 3. The van der Waals surface area contributed by atoms with E-state index >= 15 is 0 Å². The molecule has 0 atom stereocenters. The van der Waals surface area contributed by atoms with Crippen molar-refractivity contribution in [3.63, 3.8) is 0 Å². The Balaban J connectivity index is 1.56. The molecule has 3 rings (SSSR count). The highest BCUT2D eigenvalue weighted by Crippen LogP contribution is 2.24. The first-order valence-electron chi connectivity index (χ1n) is 11.7. The molecule has 0 heterocycles. The Bertz CT molecular complexity index is 1290. The van der Waals surface area contributed by atoms with Crippen LogP contribution in [0.4, 0.5) is 24.5 Å². The van der Waals surface area contributed by atoms with Crippen LogP contribution in [0.25, 0.3) is 6.08 Å². The summed E-state index contributed by atoms with van der Waals surface area (Å²) in [6.45, 7) is 0.136. The Morgan fingerprint density at radius 2 is 1.55 bits per heavy atom. The number of carbonyl (C=O) groups excluding carboxylic acids is 1. The van der Waals surface area contributed by atoms with Crippen molar-refractivity contribution in [2.45, 2.75) is 31.9 Å². The van der Waals surface area contributed by atoms with Crippen LogP contribution in [0.5, 0.6) is 11.5 Å². The van der Waals surface area contributed by atoms with Crippen molar-refractivity contribution < 1.29 is 37.3 Å². The minimum atomic E-state index is -4.17. The van der Waals surface area contributed by atoms with Gasteiger partial charge in [0.15, 0.2) is 0 Å². The van der Waals surface area contributed by atoms with Gasteiger partial charge >= 0.3 is 18.1 Å². The van der Waals surface area contributed by atoms with Gasteiger partial charge in [-0.2, -0.15) is 13.2 Å². The fourth-order valence-electron chi connectivity index (χ4n) is 3.48. The predicted molar refractivity (Wildman–Crippen MR) is 138 cm³/mol. The zero-order valence-corrected chi connectivity index (χ0v) is 20.3. The maximum absolute atomic E-state index is 12.5. The summed E-state index contributed by atoms with van der Waals surface area (Å²) in [6.07, 6.45) is -3.20. The SMILES string of the molecule is Nc1ccc(N)c(C/C(=C\c2ccc(OC(=O)c3ccc(OCCCCC(F)(F)F)cc3)cc2)C(=O)O)c1. The van der Waals surface area contributed by atoms with E-state index in [1.807, 2.05) is 0 Å². The fraction of sp³-hybridized carbons (Fsp3) is 0.214. The van der Waals surface area contributed by atoms with E-state index in [9.17, 15) is 27.9 Å². The summed E-state index contributed by atoms with van der Waals surface area (Å²) in [7, 11) is 0. The lowest BCUT2D eigenvalue weighted by Gasteiger charge is -2.09. The molecule has 3 aromatic rings. The minimum Gasteiger partial charge on any atom is -0.494 e. The van der Waals surface area contributed by atoms with Gasteiger partial charge in [-0.15, -0.1) is 0 Å². The summed E-state index contributed by atoms with van der Waals surface area (Å²) in [5.41, 5.74) is 14.2. The van der Waals surface area contributed by atoms with Crippen molar-refractivity contribution in [2.75, 3.05) is 18.1 Å². The number of alkyl halides is 3. The molecule has 38 heavy (non-hydrogen) atoms. The van der Waals surface area contributed by atoms with E-state index in [1.165, 1.54) is 42.5 Å². The standard InChI is InChI=1S/C28H27F3N2O5/c29-28(30,31)13-1-2-14-37-23-10-5-19(6-11-23)27(36)38-24-8-3-18(4-9-24)15-21(26(34)35)16-20-17-22(32)7-12-25(20)33/h3-12,15,17H,1-2,13-14,16,32-33H2,(H,34,35)/b21-15+. The second-order valence-electron chi connectivity index (χ2n) is 8.51. The van der Waals surface area contributed by atoms with E-state index in [-0.39, 0.29) is 42.8 Å². The van der Waals surface area contributed by atoms with Crippen molar-refractivity contribution >= 4 is 29.4 Å². The molecule has 0 amide bonds. The number of carboxylic acid groups (broad SMARTS) is 1. The number of nitrogens with two attached hydrogens (primary N) is 2. The van der Waals surface area contributed by atoms with Crippen LogP contribution in [-0.2, 0) is 11.2 Å². The number of aliphatic carboxylic acids is 1. The summed E-state index contributed by atoms with van der Waals surface area (Å²) in [4.78, 5) is 24.2. The van der Waals surface area contributed by atoms with Gasteiger partial charge in [0.25, 0.3) is 0 Å². The molecule has 0 aliphatic rings. The second kappa shape index (κ2) is 12.7. The average Bonchev–Trinajstić information content (AvgIpc) is 2.86. The fourth-order valence-corrected chi connectivity index (χ4v) is 3.48. The van der Waals surface area contributed by atoms with Crippen LogP contribution in [0, 0.1) is 0 Å². The zero-order chi connectivity index (χ0) is 27.7. The summed E-state index contributed by atoms with van der Waals surface area (Å²) in [6, 6.07) is 17.3. The lowest BCUT2D eigenvalue weighted by molar-refractivity contribution is -0.136. The van der Waals surface area contributed by atoms with E-state index in [1.54, 1.807) is 30.3 Å². The van der Waals surface area contributed by atoms with Gasteiger partial charge in [-0.3, -0.25) is 0 Å². The maximum atomic E-state index is 12.5. The molecule has 0 radical (unpaired) electrons. The molecule has 0 saturated heterocycles. The van der Waals surface area contributed by atoms with Crippen LogP contribution in [0.2, 0.25) is 0 Å². The third-order valence-electron chi connectivity index (χ3n) is 5.47. The lowest BCUT2D eigenvalue weighted by Crippen LogP contribution is -2.09. The maximum Gasteiger partial charge on any atom is 0.389 e. The molecule has 10 heteroatoms. The first-order valence-corrected chi connectivity index (χ1v) is 11.7. The highest BCUT2D eigenvalue weighted by atomic mass is 19.4. The highest BCUT2D eigenvalue weighted by molar-refractivity contribution is 5.93. The van der Waals surface area contributed by atoms with Crippen molar-refractivity contribution in [1.29, 1.82) is 0 Å². The molecule has 0 aromatic heterocycles. The summed E-state index contributed by atoms with van der Waals surface area (Å²) >= 11 is 0. The van der Waals surface area contributed by atoms with Crippen LogP contribution in [-0.4, -0.2) is 29.8 Å². The van der Waals surface area contributed by atoms with Crippen molar-refractivity contribution in [2.24, 2.45) is 0 Å². The topological polar surface area (TPSA) is 125 Å². The van der Waals surface area contributed by atoms with Gasteiger partial charge in [-0.1, -0.05) is 12.1 Å². The smallest absolute Gasteiger partial charge is 0.389 e. The predicted octanol–water partition coefficient (Wildman–Crippen LogP) is 5.89. The third kappa shape index (κ3) is 8.88. The molecule has 7 nitrogen and oxygen atoms in total. The Morgan fingerprint density at radius 1 is 0.895 bits per heavy atom. The van der Waals surface area contributed by atoms with Gasteiger partial charge in [0, 0.05) is 29.8 Å². The highest BCUT2D eigenvalue weighted by Gasteiger charge is 2.25. The Labute approximate surface area is 217 Å². The summed E-state index contributed by atoms with van der Waals surface area (Å²) in [5, 5.41) is 9.62. The Hall–Kier alpha value is -4.47. The monoisotopic (exact) mass is 528 g/mol. The first-order chi connectivity index (χ1) is 18.0. The molecule has 0 saturated carbocycles. The van der Waals surface area contributed by atoms with Crippen molar-refractivity contribution in [3.8, 4) is 11.5 Å². The van der Waals surface area contributed by atoms with E-state index in [2.05, 4.69) is 0 Å². The summed E-state index contributed by atoms with van der Waals surface area (Å²) < 4.78 is 47.3. The number of halogens is 3. The van der Waals surface area contributed by atoms with Gasteiger partial charge in [-0.05, 0) is 84.6 Å². The molecule has 200 valence electrons. The third-order valence-corrected chi connectivity index (χ3v) is 5.47. The van der Waals surface area contributed by atoms with E-state index < -0.39 is 24.5 Å². The number of esters is 1.